The minimum Gasteiger partial charge on any atom is -0.478 e. The molecule has 0 radical (unpaired) electrons. The molecule has 0 aliphatic heterocycles. The molecule has 8 heteroatoms. The van der Waals surface area contributed by atoms with E-state index in [0.717, 1.165) is 37.0 Å². The number of thiophene rings is 1. The highest BCUT2D eigenvalue weighted by molar-refractivity contribution is 7.17. The van der Waals surface area contributed by atoms with E-state index >= 15 is 0 Å². The highest BCUT2D eigenvalue weighted by atomic mass is 32.1. The van der Waals surface area contributed by atoms with Crippen LogP contribution in [-0.4, -0.2) is 44.5 Å². The van der Waals surface area contributed by atoms with E-state index in [9.17, 15) is 19.5 Å². The van der Waals surface area contributed by atoms with Crippen molar-refractivity contribution in [3.8, 4) is 11.4 Å². The molecule has 1 fully saturated rings. The summed E-state index contributed by atoms with van der Waals surface area (Å²) in [5.41, 5.74) is 0.131. The van der Waals surface area contributed by atoms with Gasteiger partial charge in [-0.25, -0.2) is 9.78 Å². The third-order valence-corrected chi connectivity index (χ3v) is 6.64. The van der Waals surface area contributed by atoms with Gasteiger partial charge in [-0.1, -0.05) is 49.6 Å². The van der Waals surface area contributed by atoms with E-state index in [1.165, 1.54) is 16.4 Å². The Bertz CT molecular complexity index is 1150. The lowest BCUT2D eigenvalue weighted by atomic mass is 9.94. The Hall–Kier alpha value is -3.00. The summed E-state index contributed by atoms with van der Waals surface area (Å²) in [5.74, 6) is -0.975. The lowest BCUT2D eigenvalue weighted by Crippen LogP contribution is -2.41. The Morgan fingerprint density at radius 3 is 2.57 bits per heavy atom. The third-order valence-electron chi connectivity index (χ3n) is 5.77. The number of aromatic carboxylic acids is 1. The summed E-state index contributed by atoms with van der Waals surface area (Å²) < 4.78 is 1.32. The summed E-state index contributed by atoms with van der Waals surface area (Å²) in [4.78, 5) is 44.7. The topological polar surface area (TPSA) is 92.5 Å². The maximum absolute atomic E-state index is 13.3. The number of benzene rings is 1. The Kier molecular flexibility index (Phi) is 5.67. The van der Waals surface area contributed by atoms with Crippen LogP contribution >= 0.6 is 11.3 Å². The molecule has 7 nitrogen and oxygen atoms in total. The molecule has 0 unspecified atom stereocenters. The zero-order valence-corrected chi connectivity index (χ0v) is 17.5. The predicted octanol–water partition coefficient (Wildman–Crippen LogP) is 3.61. The number of carbonyl (C=O) groups is 2. The molecule has 1 aromatic carbocycles. The van der Waals surface area contributed by atoms with Crippen molar-refractivity contribution >= 4 is 33.4 Å². The average molecular weight is 426 g/mol. The molecular weight excluding hydrogens is 402 g/mol. The van der Waals surface area contributed by atoms with Crippen LogP contribution in [0.2, 0.25) is 0 Å². The molecule has 1 N–H and O–H groups in total. The number of rotatable bonds is 5. The maximum Gasteiger partial charge on any atom is 0.337 e. The molecule has 1 aliphatic carbocycles. The van der Waals surface area contributed by atoms with Crippen molar-refractivity contribution in [2.75, 3.05) is 7.05 Å². The van der Waals surface area contributed by atoms with Gasteiger partial charge in [0.1, 0.15) is 17.2 Å². The second-order valence-corrected chi connectivity index (χ2v) is 8.48. The van der Waals surface area contributed by atoms with Crippen LogP contribution in [-0.2, 0) is 11.3 Å². The SMILES string of the molecule is CN(C(=O)Cn1c(-c2ccccc2)nc2scc(C(=O)O)c2c1=O)C1CCCCC1. The number of carboxylic acids is 1. The summed E-state index contributed by atoms with van der Waals surface area (Å²) in [6.45, 7) is -0.173. The second-order valence-electron chi connectivity index (χ2n) is 7.62. The molecule has 4 rings (SSSR count). The zero-order valence-electron chi connectivity index (χ0n) is 16.7. The number of likely N-dealkylation sites (N-methyl/N-ethyl adjacent to an activating group) is 1. The van der Waals surface area contributed by atoms with Gasteiger partial charge >= 0.3 is 5.97 Å². The van der Waals surface area contributed by atoms with Crippen LogP contribution in [0.15, 0.2) is 40.5 Å². The summed E-state index contributed by atoms with van der Waals surface area (Å²) in [6, 6.07) is 9.36. The Balaban J connectivity index is 1.80. The summed E-state index contributed by atoms with van der Waals surface area (Å²) in [7, 11) is 1.78. The first-order chi connectivity index (χ1) is 14.5. The monoisotopic (exact) mass is 425 g/mol. The van der Waals surface area contributed by atoms with Gasteiger partial charge in [0.2, 0.25) is 5.91 Å². The summed E-state index contributed by atoms with van der Waals surface area (Å²) in [6.07, 6.45) is 5.32. The molecule has 1 aliphatic rings. The van der Waals surface area contributed by atoms with Gasteiger partial charge in [-0.15, -0.1) is 11.3 Å². The van der Waals surface area contributed by atoms with E-state index < -0.39 is 11.5 Å². The highest BCUT2D eigenvalue weighted by Gasteiger charge is 2.25. The Morgan fingerprint density at radius 2 is 1.90 bits per heavy atom. The first kappa shape index (κ1) is 20.3. The molecule has 30 heavy (non-hydrogen) atoms. The molecular formula is C22H23N3O4S. The van der Waals surface area contributed by atoms with E-state index in [2.05, 4.69) is 4.98 Å². The van der Waals surface area contributed by atoms with Crippen LogP contribution in [0, 0.1) is 0 Å². The van der Waals surface area contributed by atoms with Crippen LogP contribution in [0.1, 0.15) is 42.5 Å². The minimum atomic E-state index is -1.18. The highest BCUT2D eigenvalue weighted by Crippen LogP contribution is 2.26. The Morgan fingerprint density at radius 1 is 1.20 bits per heavy atom. The van der Waals surface area contributed by atoms with Crippen molar-refractivity contribution in [3.63, 3.8) is 0 Å². The first-order valence-electron chi connectivity index (χ1n) is 10.0. The molecule has 0 bridgehead atoms. The fourth-order valence-electron chi connectivity index (χ4n) is 4.05. The summed E-state index contributed by atoms with van der Waals surface area (Å²) >= 11 is 1.12. The van der Waals surface area contributed by atoms with Crippen molar-refractivity contribution in [2.24, 2.45) is 0 Å². The van der Waals surface area contributed by atoms with Crippen LogP contribution in [0.5, 0.6) is 0 Å². The number of fused-ring (bicyclic) bond motifs is 1. The van der Waals surface area contributed by atoms with Gasteiger partial charge in [0, 0.05) is 24.0 Å². The lowest BCUT2D eigenvalue weighted by Gasteiger charge is -2.31. The lowest BCUT2D eigenvalue weighted by molar-refractivity contribution is -0.133. The fraction of sp³-hybridized carbons (Fsp3) is 0.364. The van der Waals surface area contributed by atoms with Crippen LogP contribution < -0.4 is 5.56 Å². The van der Waals surface area contributed by atoms with Crippen LogP contribution in [0.25, 0.3) is 21.6 Å². The van der Waals surface area contributed by atoms with Crippen molar-refractivity contribution < 1.29 is 14.7 Å². The largest absolute Gasteiger partial charge is 0.478 e. The Labute approximate surface area is 177 Å². The average Bonchev–Trinajstić information content (AvgIpc) is 3.21. The van der Waals surface area contributed by atoms with Gasteiger partial charge in [0.15, 0.2) is 0 Å². The number of nitrogens with zero attached hydrogens (tertiary/aromatic N) is 3. The van der Waals surface area contributed by atoms with Gasteiger partial charge in [0.05, 0.1) is 10.9 Å². The standard InChI is InChI=1S/C22H23N3O4S/c1-24(15-10-6-3-7-11-15)17(26)12-25-19(14-8-4-2-5-9-14)23-20-18(21(25)27)16(13-30-20)22(28)29/h2,4-5,8-9,13,15H,3,6-7,10-12H2,1H3,(H,28,29). The molecule has 156 valence electrons. The molecule has 1 amide bonds. The zero-order chi connectivity index (χ0) is 21.3. The fourth-order valence-corrected chi connectivity index (χ4v) is 4.96. The van der Waals surface area contributed by atoms with E-state index in [0.29, 0.717) is 16.2 Å². The van der Waals surface area contributed by atoms with E-state index in [4.69, 9.17) is 0 Å². The molecule has 2 aromatic heterocycles. The van der Waals surface area contributed by atoms with E-state index in [1.54, 1.807) is 11.9 Å². The quantitative estimate of drug-likeness (QED) is 0.674. The number of carbonyl (C=O) groups excluding carboxylic acids is 1. The first-order valence-corrected chi connectivity index (χ1v) is 10.9. The summed E-state index contributed by atoms with van der Waals surface area (Å²) in [5, 5.41) is 11.0. The number of hydrogen-bond acceptors (Lipinski definition) is 5. The maximum atomic E-state index is 13.3. The van der Waals surface area contributed by atoms with Crippen molar-refractivity contribution in [2.45, 2.75) is 44.7 Å². The van der Waals surface area contributed by atoms with Gasteiger partial charge < -0.3 is 10.0 Å². The van der Waals surface area contributed by atoms with Gasteiger partial charge in [-0.2, -0.15) is 0 Å². The van der Waals surface area contributed by atoms with Crippen LogP contribution in [0.3, 0.4) is 0 Å². The number of aromatic nitrogens is 2. The normalized spacial score (nSPS) is 14.7. The van der Waals surface area contributed by atoms with Gasteiger partial charge in [-0.05, 0) is 12.8 Å². The molecule has 0 saturated heterocycles. The third kappa shape index (κ3) is 3.75. The second kappa shape index (κ2) is 8.39. The minimum absolute atomic E-state index is 0.0558. The van der Waals surface area contributed by atoms with Crippen molar-refractivity contribution in [3.05, 3.63) is 51.6 Å². The molecule has 1 saturated carbocycles. The predicted molar refractivity (Wildman–Crippen MR) is 116 cm³/mol. The molecule has 2 heterocycles. The van der Waals surface area contributed by atoms with E-state index in [1.807, 2.05) is 30.3 Å². The number of amides is 1. The number of hydrogen-bond donors (Lipinski definition) is 1. The molecule has 0 atom stereocenters. The van der Waals surface area contributed by atoms with E-state index in [-0.39, 0.29) is 29.4 Å². The van der Waals surface area contributed by atoms with Crippen LogP contribution in [0.4, 0.5) is 0 Å². The van der Waals surface area contributed by atoms with Crippen molar-refractivity contribution in [1.82, 2.24) is 14.5 Å². The van der Waals surface area contributed by atoms with Gasteiger partial charge in [-0.3, -0.25) is 14.2 Å². The van der Waals surface area contributed by atoms with Gasteiger partial charge in [0.25, 0.3) is 5.56 Å². The number of carboxylic acid groups (broad SMARTS) is 1. The van der Waals surface area contributed by atoms with Crippen molar-refractivity contribution in [1.29, 1.82) is 0 Å². The molecule has 0 spiro atoms. The smallest absolute Gasteiger partial charge is 0.337 e. The molecule has 3 aromatic rings.